The molecule has 0 fully saturated rings. The van der Waals surface area contributed by atoms with Gasteiger partial charge in [0.15, 0.2) is 0 Å². The Morgan fingerprint density at radius 3 is 0.941 bits per heavy atom. The zero-order chi connectivity index (χ0) is 14.5. The van der Waals surface area contributed by atoms with E-state index in [4.69, 9.17) is 0 Å². The number of hydrogen-bond donors (Lipinski definition) is 0. The second kappa shape index (κ2) is 4.46. The van der Waals surface area contributed by atoms with Gasteiger partial charge in [-0.25, -0.2) is 0 Å². The number of rotatable bonds is 3. The fraction of sp³-hybridized carbons (Fsp3) is 1.00. The quantitative estimate of drug-likeness (QED) is 0.555. The molecule has 0 N–H and O–H groups in total. The molecule has 0 aliphatic rings. The van der Waals surface area contributed by atoms with E-state index in [9.17, 15) is 48.3 Å². The van der Waals surface area contributed by atoms with Gasteiger partial charge in [-0.05, 0) is 0 Å². The monoisotopic (exact) mass is 308 g/mol. The summed E-state index contributed by atoms with van der Waals surface area (Å²) in [7, 11) is 0. The van der Waals surface area contributed by atoms with E-state index in [-0.39, 0.29) is 0 Å². The topological polar surface area (TPSA) is 0 Å². The van der Waals surface area contributed by atoms with Crippen molar-refractivity contribution in [2.75, 3.05) is 0 Å². The summed E-state index contributed by atoms with van der Waals surface area (Å²) < 4.78 is 126. The standard InChI is InChI=1S/C5F11.K/c6-1(7)2(8,9)3(10,11)4(12,13)5(14,15)16;. The first kappa shape index (κ1) is 17.9. The third-order valence-electron chi connectivity index (χ3n) is 1.70. The molecule has 0 aromatic rings. The summed E-state index contributed by atoms with van der Waals surface area (Å²) in [6.07, 6.45) is -7.07. The van der Waals surface area contributed by atoms with E-state index in [1.807, 2.05) is 0 Å². The molecule has 98 valence electrons. The first-order valence-corrected chi connectivity index (χ1v) is 5.14. The Morgan fingerprint density at radius 2 is 0.765 bits per heavy atom. The minimum absolute atomic E-state index is 2.42. The maximum atomic E-state index is 12.3. The van der Waals surface area contributed by atoms with Crippen LogP contribution in [0.2, 0.25) is 0 Å². The van der Waals surface area contributed by atoms with E-state index in [0.717, 1.165) is 0 Å². The van der Waals surface area contributed by atoms with Crippen molar-refractivity contribution in [1.29, 1.82) is 0 Å². The van der Waals surface area contributed by atoms with Crippen LogP contribution in [0.25, 0.3) is 0 Å². The fourth-order valence-electron chi connectivity index (χ4n) is 0.651. The molecule has 0 spiro atoms. The normalized spacial score (nSPS) is 16.3. The molecule has 0 radical (unpaired) electrons. The van der Waals surface area contributed by atoms with Crippen LogP contribution in [0.5, 0.6) is 0 Å². The Hall–Kier alpha value is 0.866. The first-order valence-electron chi connectivity index (χ1n) is 3.58. The molecule has 0 aromatic heterocycles. The Labute approximate surface area is 120 Å². The van der Waals surface area contributed by atoms with Crippen LogP contribution in [0.3, 0.4) is 0 Å². The van der Waals surface area contributed by atoms with E-state index in [1.165, 1.54) is 0 Å². The molecule has 0 saturated heterocycles. The number of hydrogen-bond acceptors (Lipinski definition) is 0. The van der Waals surface area contributed by atoms with Crippen LogP contribution in [0.1, 0.15) is 0 Å². The molecular formula is C5F11K. The molecule has 12 heteroatoms. The Morgan fingerprint density at radius 1 is 0.471 bits per heavy atom. The molecule has 17 heavy (non-hydrogen) atoms. The minimum atomic E-state index is -7.26. The van der Waals surface area contributed by atoms with E-state index in [2.05, 4.69) is 0 Å². The van der Waals surface area contributed by atoms with Crippen molar-refractivity contribution in [2.24, 2.45) is 0 Å². The van der Waals surface area contributed by atoms with Gasteiger partial charge in [0.25, 0.3) is 0 Å². The van der Waals surface area contributed by atoms with Crippen molar-refractivity contribution < 1.29 is 48.3 Å². The van der Waals surface area contributed by atoms with Crippen LogP contribution in [0, 0.1) is 0 Å². The zero-order valence-corrected chi connectivity index (χ0v) is 10.8. The average Bonchev–Trinajstić information content (AvgIpc) is 1.98. The third-order valence-corrected chi connectivity index (χ3v) is 2.68. The van der Waals surface area contributed by atoms with Gasteiger partial charge in [-0.15, -0.1) is 0 Å². The Bertz CT molecular complexity index is 255. The van der Waals surface area contributed by atoms with Gasteiger partial charge in [0.05, 0.1) is 0 Å². The molecule has 0 aliphatic carbocycles. The van der Waals surface area contributed by atoms with Gasteiger partial charge in [0, 0.05) is 0 Å². The van der Waals surface area contributed by atoms with Crippen LogP contribution in [0.15, 0.2) is 0 Å². The van der Waals surface area contributed by atoms with Crippen molar-refractivity contribution in [1.82, 2.24) is 0 Å². The van der Waals surface area contributed by atoms with E-state index >= 15 is 0 Å². The summed E-state index contributed by atoms with van der Waals surface area (Å²) in [6, 6.07) is 0. The fourth-order valence-corrected chi connectivity index (χ4v) is 1.14. The molecular weight excluding hydrogens is 308 g/mol. The Kier molecular flexibility index (Phi) is 4.68. The van der Waals surface area contributed by atoms with E-state index < -0.39 is 72.9 Å². The van der Waals surface area contributed by atoms with Crippen molar-refractivity contribution in [3.05, 3.63) is 0 Å². The van der Waals surface area contributed by atoms with Gasteiger partial charge in [0.1, 0.15) is 0 Å². The predicted molar refractivity (Wildman–Crippen MR) is 31.6 cm³/mol. The summed E-state index contributed by atoms with van der Waals surface area (Å²) >= 11 is -2.42. The van der Waals surface area contributed by atoms with Gasteiger partial charge in [0.2, 0.25) is 0 Å². The average molecular weight is 308 g/mol. The summed E-state index contributed by atoms with van der Waals surface area (Å²) in [5.74, 6) is -21.3. The van der Waals surface area contributed by atoms with Gasteiger partial charge < -0.3 is 0 Å². The van der Waals surface area contributed by atoms with Crippen LogP contribution in [-0.2, 0) is 0 Å². The second-order valence-electron chi connectivity index (χ2n) is 3.11. The van der Waals surface area contributed by atoms with Crippen molar-refractivity contribution in [3.63, 3.8) is 0 Å². The van der Waals surface area contributed by atoms with Crippen LogP contribution >= 0.6 is 0 Å². The molecule has 0 aromatic carbocycles. The van der Waals surface area contributed by atoms with Gasteiger partial charge >= 0.3 is 121 Å². The second-order valence-corrected chi connectivity index (χ2v) is 5.07. The summed E-state index contributed by atoms with van der Waals surface area (Å²) in [4.78, 5) is 0. The third kappa shape index (κ3) is 2.74. The Balaban J connectivity index is 5.73. The summed E-state index contributed by atoms with van der Waals surface area (Å²) in [5.41, 5.74) is 0. The molecule has 0 unspecified atom stereocenters. The van der Waals surface area contributed by atoms with Gasteiger partial charge in [-0.2, -0.15) is 0 Å². The van der Waals surface area contributed by atoms with E-state index in [1.54, 1.807) is 0 Å². The van der Waals surface area contributed by atoms with Crippen LogP contribution in [0.4, 0.5) is 48.3 Å². The number of alkyl halides is 11. The molecule has 0 bridgehead atoms. The van der Waals surface area contributed by atoms with Crippen molar-refractivity contribution in [2.45, 2.75) is 24.0 Å². The molecule has 0 heterocycles. The molecule has 0 rings (SSSR count). The van der Waals surface area contributed by atoms with Crippen molar-refractivity contribution in [3.8, 4) is 0 Å². The summed E-state index contributed by atoms with van der Waals surface area (Å²) in [5, 5.41) is 0. The van der Waals surface area contributed by atoms with Gasteiger partial charge in [-0.3, -0.25) is 0 Å². The molecule has 0 saturated carbocycles. The molecule has 0 atom stereocenters. The number of halogens is 11. The molecule has 0 nitrogen and oxygen atoms in total. The summed E-state index contributed by atoms with van der Waals surface area (Å²) in [6.45, 7) is 0. The first-order chi connectivity index (χ1) is 7.00. The molecule has 0 amide bonds. The SMILES string of the molecule is FC(F)(F)C(F)(F)C(F)(F)C(F)(F)[C](F)(F)[K]. The van der Waals surface area contributed by atoms with E-state index in [0.29, 0.717) is 0 Å². The van der Waals surface area contributed by atoms with Crippen molar-refractivity contribution >= 4 is 49.0 Å². The predicted octanol–water partition coefficient (Wildman–Crippen LogP) is 3.22. The van der Waals surface area contributed by atoms with Crippen LogP contribution in [-0.4, -0.2) is 72.9 Å². The zero-order valence-electron chi connectivity index (χ0n) is 7.66. The molecule has 0 aliphatic heterocycles. The maximum absolute atomic E-state index is 12.3. The van der Waals surface area contributed by atoms with Gasteiger partial charge in [-0.1, -0.05) is 0 Å². The van der Waals surface area contributed by atoms with Crippen LogP contribution < -0.4 is 0 Å².